The average Bonchev–Trinajstić information content (AvgIpc) is 2.46. The molecule has 5 heteroatoms. The quantitative estimate of drug-likeness (QED) is 0.577. The molecule has 0 spiro atoms. The molecule has 0 aliphatic carbocycles. The number of halogens is 2. The van der Waals surface area contributed by atoms with Gasteiger partial charge in [0.25, 0.3) is 0 Å². The zero-order valence-corrected chi connectivity index (χ0v) is 13.8. The number of benzene rings is 2. The lowest BCUT2D eigenvalue weighted by atomic mass is 10.0. The number of carbonyl (C=O) groups is 2. The van der Waals surface area contributed by atoms with E-state index in [0.29, 0.717) is 11.1 Å². The van der Waals surface area contributed by atoms with Crippen LogP contribution in [0.3, 0.4) is 0 Å². The van der Waals surface area contributed by atoms with E-state index in [1.165, 1.54) is 4.90 Å². The molecule has 0 saturated carbocycles. The summed E-state index contributed by atoms with van der Waals surface area (Å²) < 4.78 is 1.65. The van der Waals surface area contributed by atoms with Crippen LogP contribution in [0.4, 0.5) is 5.69 Å². The standard InChI is InChI=1S/C15H11Br2NO2/c1-18(9-19)12-5-2-10(3-6-12)15(20)13-7-4-11(16)8-14(13)17/h2-9H,1H3. The van der Waals surface area contributed by atoms with Gasteiger partial charge in [-0.15, -0.1) is 0 Å². The van der Waals surface area contributed by atoms with E-state index in [0.717, 1.165) is 21.0 Å². The van der Waals surface area contributed by atoms with Gasteiger partial charge in [-0.1, -0.05) is 15.9 Å². The highest BCUT2D eigenvalue weighted by atomic mass is 79.9. The molecule has 0 fully saturated rings. The highest BCUT2D eigenvalue weighted by Crippen LogP contribution is 2.25. The number of ketones is 1. The van der Waals surface area contributed by atoms with Gasteiger partial charge < -0.3 is 4.90 Å². The molecule has 3 nitrogen and oxygen atoms in total. The lowest BCUT2D eigenvalue weighted by molar-refractivity contribution is -0.107. The summed E-state index contributed by atoms with van der Waals surface area (Å²) in [5.41, 5.74) is 1.92. The van der Waals surface area contributed by atoms with Crippen molar-refractivity contribution in [3.05, 3.63) is 62.5 Å². The van der Waals surface area contributed by atoms with Gasteiger partial charge in [0.1, 0.15) is 0 Å². The van der Waals surface area contributed by atoms with Crippen LogP contribution in [0.25, 0.3) is 0 Å². The van der Waals surface area contributed by atoms with Gasteiger partial charge in [0.2, 0.25) is 6.41 Å². The molecule has 2 aromatic rings. The third-order valence-corrected chi connectivity index (χ3v) is 4.02. The van der Waals surface area contributed by atoms with Crippen molar-refractivity contribution < 1.29 is 9.59 Å². The fourth-order valence-electron chi connectivity index (χ4n) is 1.74. The molecule has 0 N–H and O–H groups in total. The van der Waals surface area contributed by atoms with Gasteiger partial charge in [-0.05, 0) is 58.4 Å². The molecular weight excluding hydrogens is 386 g/mol. The van der Waals surface area contributed by atoms with Crippen molar-refractivity contribution in [3.63, 3.8) is 0 Å². The van der Waals surface area contributed by atoms with Crippen LogP contribution >= 0.6 is 31.9 Å². The van der Waals surface area contributed by atoms with Crippen molar-refractivity contribution in [2.75, 3.05) is 11.9 Å². The summed E-state index contributed by atoms with van der Waals surface area (Å²) in [6.45, 7) is 0. The first-order chi connectivity index (χ1) is 9.52. The Kier molecular flexibility index (Phi) is 4.73. The van der Waals surface area contributed by atoms with Crippen molar-refractivity contribution >= 4 is 49.7 Å². The maximum Gasteiger partial charge on any atom is 0.213 e. The topological polar surface area (TPSA) is 37.4 Å². The summed E-state index contributed by atoms with van der Waals surface area (Å²) >= 11 is 6.74. The van der Waals surface area contributed by atoms with Crippen molar-refractivity contribution in [1.29, 1.82) is 0 Å². The lowest BCUT2D eigenvalue weighted by Crippen LogP contribution is -2.13. The number of carbonyl (C=O) groups excluding carboxylic acids is 2. The van der Waals surface area contributed by atoms with Gasteiger partial charge >= 0.3 is 0 Å². The van der Waals surface area contributed by atoms with Gasteiger partial charge in [0, 0.05) is 32.8 Å². The number of nitrogens with zero attached hydrogens (tertiary/aromatic N) is 1. The molecule has 0 saturated heterocycles. The Morgan fingerprint density at radius 3 is 2.30 bits per heavy atom. The molecule has 0 aliphatic rings. The minimum Gasteiger partial charge on any atom is -0.318 e. The van der Waals surface area contributed by atoms with Crippen LogP contribution in [0.1, 0.15) is 15.9 Å². The normalized spacial score (nSPS) is 10.2. The van der Waals surface area contributed by atoms with Crippen LogP contribution in [-0.2, 0) is 4.79 Å². The smallest absolute Gasteiger partial charge is 0.213 e. The van der Waals surface area contributed by atoms with Crippen LogP contribution in [0.15, 0.2) is 51.4 Å². The first-order valence-electron chi connectivity index (χ1n) is 5.81. The molecule has 20 heavy (non-hydrogen) atoms. The lowest BCUT2D eigenvalue weighted by Gasteiger charge is -2.11. The Morgan fingerprint density at radius 2 is 1.75 bits per heavy atom. The fourth-order valence-corrected chi connectivity index (χ4v) is 2.97. The third kappa shape index (κ3) is 3.16. The van der Waals surface area contributed by atoms with Crippen LogP contribution in [0, 0.1) is 0 Å². The van der Waals surface area contributed by atoms with Crippen LogP contribution < -0.4 is 4.90 Å². The predicted molar refractivity (Wildman–Crippen MR) is 86.2 cm³/mol. The van der Waals surface area contributed by atoms with E-state index in [9.17, 15) is 9.59 Å². The first kappa shape index (κ1) is 14.9. The van der Waals surface area contributed by atoms with Gasteiger partial charge in [-0.3, -0.25) is 9.59 Å². The van der Waals surface area contributed by atoms with E-state index in [4.69, 9.17) is 0 Å². The minimum atomic E-state index is -0.0651. The average molecular weight is 397 g/mol. The van der Waals surface area contributed by atoms with E-state index in [2.05, 4.69) is 31.9 Å². The Balaban J connectivity index is 2.31. The third-order valence-electron chi connectivity index (χ3n) is 2.87. The van der Waals surface area contributed by atoms with E-state index < -0.39 is 0 Å². The minimum absolute atomic E-state index is 0.0651. The summed E-state index contributed by atoms with van der Waals surface area (Å²) in [4.78, 5) is 24.5. The van der Waals surface area contributed by atoms with Gasteiger partial charge in [-0.2, -0.15) is 0 Å². The Labute approximate surface area is 133 Å². The molecule has 102 valence electrons. The molecule has 0 aromatic heterocycles. The van der Waals surface area contributed by atoms with Gasteiger partial charge in [0.05, 0.1) is 0 Å². The molecule has 1 amide bonds. The summed E-state index contributed by atoms with van der Waals surface area (Å²) in [6, 6.07) is 12.3. The molecule has 2 aromatic carbocycles. The maximum absolute atomic E-state index is 12.4. The summed E-state index contributed by atoms with van der Waals surface area (Å²) in [5.74, 6) is -0.0651. The maximum atomic E-state index is 12.4. The largest absolute Gasteiger partial charge is 0.318 e. The summed E-state index contributed by atoms with van der Waals surface area (Å²) in [6.07, 6.45) is 0.724. The zero-order valence-electron chi connectivity index (χ0n) is 10.6. The molecule has 2 rings (SSSR count). The summed E-state index contributed by atoms with van der Waals surface area (Å²) in [5, 5.41) is 0. The Hall–Kier alpha value is -1.46. The number of anilines is 1. The SMILES string of the molecule is CN(C=O)c1ccc(C(=O)c2ccc(Br)cc2Br)cc1. The van der Waals surface area contributed by atoms with Crippen molar-refractivity contribution in [2.24, 2.45) is 0 Å². The number of hydrogen-bond donors (Lipinski definition) is 0. The second-order valence-corrected chi connectivity index (χ2v) is 5.99. The second-order valence-electron chi connectivity index (χ2n) is 4.22. The van der Waals surface area contributed by atoms with E-state index in [-0.39, 0.29) is 5.78 Å². The number of amides is 1. The molecule has 0 atom stereocenters. The predicted octanol–water partition coefficient (Wildman–Crippen LogP) is 4.04. The molecular formula is C15H11Br2NO2. The fraction of sp³-hybridized carbons (Fsp3) is 0.0667. The first-order valence-corrected chi connectivity index (χ1v) is 7.39. The highest BCUT2D eigenvalue weighted by Gasteiger charge is 2.13. The molecule has 0 bridgehead atoms. The van der Waals surface area contributed by atoms with Crippen molar-refractivity contribution in [2.45, 2.75) is 0 Å². The highest BCUT2D eigenvalue weighted by molar-refractivity contribution is 9.11. The van der Waals surface area contributed by atoms with E-state index >= 15 is 0 Å². The Morgan fingerprint density at radius 1 is 1.10 bits per heavy atom. The summed E-state index contributed by atoms with van der Waals surface area (Å²) in [7, 11) is 1.66. The van der Waals surface area contributed by atoms with Crippen molar-refractivity contribution in [3.8, 4) is 0 Å². The van der Waals surface area contributed by atoms with Crippen molar-refractivity contribution in [1.82, 2.24) is 0 Å². The van der Waals surface area contributed by atoms with Crippen LogP contribution in [0.5, 0.6) is 0 Å². The van der Waals surface area contributed by atoms with E-state index in [1.807, 2.05) is 12.1 Å². The number of hydrogen-bond acceptors (Lipinski definition) is 2. The molecule has 0 radical (unpaired) electrons. The molecule has 0 heterocycles. The second kappa shape index (κ2) is 6.33. The zero-order chi connectivity index (χ0) is 14.7. The van der Waals surface area contributed by atoms with Gasteiger partial charge in [0.15, 0.2) is 5.78 Å². The molecule has 0 unspecified atom stereocenters. The van der Waals surface area contributed by atoms with E-state index in [1.54, 1.807) is 37.4 Å². The van der Waals surface area contributed by atoms with Crippen LogP contribution in [0.2, 0.25) is 0 Å². The Bertz CT molecular complexity index is 653. The molecule has 0 aliphatic heterocycles. The van der Waals surface area contributed by atoms with Crippen LogP contribution in [-0.4, -0.2) is 19.2 Å². The number of rotatable bonds is 4. The van der Waals surface area contributed by atoms with Gasteiger partial charge in [-0.25, -0.2) is 0 Å². The monoisotopic (exact) mass is 395 g/mol.